The van der Waals surface area contributed by atoms with Crippen molar-refractivity contribution in [3.05, 3.63) is 82.0 Å². The van der Waals surface area contributed by atoms with E-state index in [2.05, 4.69) is 4.98 Å². The van der Waals surface area contributed by atoms with Gasteiger partial charge in [0.2, 0.25) is 0 Å². The average Bonchev–Trinajstić information content (AvgIpc) is 2.62. The van der Waals surface area contributed by atoms with E-state index in [-0.39, 0.29) is 18.1 Å². The Labute approximate surface area is 158 Å². The van der Waals surface area contributed by atoms with Crippen molar-refractivity contribution in [3.63, 3.8) is 0 Å². The van der Waals surface area contributed by atoms with Crippen molar-refractivity contribution < 1.29 is 17.9 Å². The van der Waals surface area contributed by atoms with E-state index in [0.29, 0.717) is 21.2 Å². The monoisotopic (exact) mass is 397 g/mol. The molecule has 1 aromatic heterocycles. The highest BCUT2D eigenvalue weighted by Crippen LogP contribution is 2.33. The summed E-state index contributed by atoms with van der Waals surface area (Å²) >= 11 is 11.8. The van der Waals surface area contributed by atoms with Crippen molar-refractivity contribution in [2.75, 3.05) is 0 Å². The number of benzene rings is 2. The first-order valence-corrected chi connectivity index (χ1v) is 8.30. The normalized spacial score (nSPS) is 11.4. The number of rotatable bonds is 4. The molecule has 0 N–H and O–H groups in total. The van der Waals surface area contributed by atoms with Gasteiger partial charge in [-0.2, -0.15) is 13.2 Å². The topological polar surface area (TPSA) is 22.1 Å². The zero-order valence-corrected chi connectivity index (χ0v) is 14.7. The van der Waals surface area contributed by atoms with Crippen molar-refractivity contribution in [3.8, 4) is 17.0 Å². The molecule has 2 aromatic carbocycles. The Morgan fingerprint density at radius 1 is 0.885 bits per heavy atom. The molecule has 0 aliphatic rings. The quantitative estimate of drug-likeness (QED) is 0.491. The molecule has 0 saturated carbocycles. The second-order valence-corrected chi connectivity index (χ2v) is 6.29. The first-order chi connectivity index (χ1) is 12.3. The number of hydrogen-bond acceptors (Lipinski definition) is 2. The standard InChI is InChI=1S/C19H12Cl2F3NO/c20-15-7-6-12(8-16(15)21)11-26-14-9-17(13-4-2-1-3-5-13)25-18(10-14)19(22,23)24/h1-10H,11H2. The highest BCUT2D eigenvalue weighted by atomic mass is 35.5. The maximum atomic E-state index is 13.2. The minimum atomic E-state index is -4.58. The first-order valence-electron chi connectivity index (χ1n) is 7.54. The number of alkyl halides is 3. The fraction of sp³-hybridized carbons (Fsp3) is 0.105. The molecule has 0 atom stereocenters. The Morgan fingerprint density at radius 3 is 2.27 bits per heavy atom. The number of ether oxygens (including phenoxy) is 1. The third-order valence-corrected chi connectivity index (χ3v) is 4.29. The minimum Gasteiger partial charge on any atom is -0.489 e. The van der Waals surface area contributed by atoms with Gasteiger partial charge in [0.05, 0.1) is 15.7 Å². The maximum absolute atomic E-state index is 13.2. The molecule has 0 radical (unpaired) electrons. The number of pyridine rings is 1. The number of aromatic nitrogens is 1. The molecule has 26 heavy (non-hydrogen) atoms. The Morgan fingerprint density at radius 2 is 1.62 bits per heavy atom. The van der Waals surface area contributed by atoms with Crippen molar-refractivity contribution in [2.45, 2.75) is 12.8 Å². The summed E-state index contributed by atoms with van der Waals surface area (Å²) in [5.74, 6) is 0.0669. The van der Waals surface area contributed by atoms with Gasteiger partial charge in [-0.25, -0.2) is 4.98 Å². The molecule has 3 rings (SSSR count). The zero-order valence-electron chi connectivity index (χ0n) is 13.2. The van der Waals surface area contributed by atoms with E-state index in [1.807, 2.05) is 0 Å². The summed E-state index contributed by atoms with van der Waals surface area (Å²) in [6, 6.07) is 15.9. The van der Waals surface area contributed by atoms with Crippen LogP contribution in [0.4, 0.5) is 13.2 Å². The molecule has 0 bridgehead atoms. The van der Waals surface area contributed by atoms with Crippen LogP contribution in [0.1, 0.15) is 11.3 Å². The van der Waals surface area contributed by atoms with Crippen LogP contribution in [0.25, 0.3) is 11.3 Å². The van der Waals surface area contributed by atoms with Crippen molar-refractivity contribution >= 4 is 23.2 Å². The Balaban J connectivity index is 1.91. The van der Waals surface area contributed by atoms with E-state index in [4.69, 9.17) is 27.9 Å². The number of hydrogen-bond donors (Lipinski definition) is 0. The van der Waals surface area contributed by atoms with Gasteiger partial charge in [0.25, 0.3) is 0 Å². The summed E-state index contributed by atoms with van der Waals surface area (Å²) in [5.41, 5.74) is 0.427. The summed E-state index contributed by atoms with van der Waals surface area (Å²) in [4.78, 5) is 3.71. The molecule has 7 heteroatoms. The molecule has 0 amide bonds. The fourth-order valence-electron chi connectivity index (χ4n) is 2.29. The summed E-state index contributed by atoms with van der Waals surface area (Å²) in [5, 5.41) is 0.744. The van der Waals surface area contributed by atoms with Crippen LogP contribution >= 0.6 is 23.2 Å². The minimum absolute atomic E-state index is 0.0480. The van der Waals surface area contributed by atoms with Gasteiger partial charge in [0, 0.05) is 17.7 Å². The molecule has 134 valence electrons. The third-order valence-electron chi connectivity index (χ3n) is 3.55. The lowest BCUT2D eigenvalue weighted by molar-refractivity contribution is -0.141. The molecular weight excluding hydrogens is 386 g/mol. The number of halogens is 5. The molecule has 0 aliphatic carbocycles. The van der Waals surface area contributed by atoms with E-state index in [1.165, 1.54) is 6.07 Å². The zero-order chi connectivity index (χ0) is 18.7. The van der Waals surface area contributed by atoms with Crippen LogP contribution in [0, 0.1) is 0 Å². The van der Waals surface area contributed by atoms with Crippen LogP contribution < -0.4 is 4.74 Å². The van der Waals surface area contributed by atoms with Gasteiger partial charge in [0.15, 0.2) is 0 Å². The van der Waals surface area contributed by atoms with Gasteiger partial charge >= 0.3 is 6.18 Å². The van der Waals surface area contributed by atoms with Gasteiger partial charge < -0.3 is 4.74 Å². The second-order valence-electron chi connectivity index (χ2n) is 5.47. The Bertz CT molecular complexity index is 914. The van der Waals surface area contributed by atoms with Crippen molar-refractivity contribution in [1.29, 1.82) is 0 Å². The molecule has 2 nitrogen and oxygen atoms in total. The van der Waals surface area contributed by atoms with Crippen LogP contribution in [-0.4, -0.2) is 4.98 Å². The van der Waals surface area contributed by atoms with E-state index < -0.39 is 11.9 Å². The van der Waals surface area contributed by atoms with Gasteiger partial charge in [-0.1, -0.05) is 59.6 Å². The second kappa shape index (κ2) is 7.56. The van der Waals surface area contributed by atoms with E-state index in [1.54, 1.807) is 48.5 Å². The number of nitrogens with zero attached hydrogens (tertiary/aromatic N) is 1. The molecule has 0 fully saturated rings. The van der Waals surface area contributed by atoms with Crippen LogP contribution in [-0.2, 0) is 12.8 Å². The Hall–Kier alpha value is -2.24. The smallest absolute Gasteiger partial charge is 0.433 e. The lowest BCUT2D eigenvalue weighted by Gasteiger charge is -2.13. The largest absolute Gasteiger partial charge is 0.489 e. The van der Waals surface area contributed by atoms with E-state index >= 15 is 0 Å². The van der Waals surface area contributed by atoms with Gasteiger partial charge in [-0.3, -0.25) is 0 Å². The van der Waals surface area contributed by atoms with Gasteiger partial charge in [-0.05, 0) is 17.7 Å². The SMILES string of the molecule is FC(F)(F)c1cc(OCc2ccc(Cl)c(Cl)c2)cc(-c2ccccc2)n1. The van der Waals surface area contributed by atoms with Gasteiger partial charge in [0.1, 0.15) is 18.1 Å². The van der Waals surface area contributed by atoms with E-state index in [0.717, 1.165) is 6.07 Å². The summed E-state index contributed by atoms with van der Waals surface area (Å²) in [6.45, 7) is 0.0480. The molecule has 0 unspecified atom stereocenters. The first kappa shape index (κ1) is 18.5. The molecule has 0 aliphatic heterocycles. The third kappa shape index (κ3) is 4.48. The summed E-state index contributed by atoms with van der Waals surface area (Å²) < 4.78 is 45.1. The molecule has 3 aromatic rings. The predicted octanol–water partition coefficient (Wildman–Crippen LogP) is 6.65. The van der Waals surface area contributed by atoms with E-state index in [9.17, 15) is 13.2 Å². The molecule has 0 spiro atoms. The maximum Gasteiger partial charge on any atom is 0.433 e. The fourth-order valence-corrected chi connectivity index (χ4v) is 2.61. The van der Waals surface area contributed by atoms with Gasteiger partial charge in [-0.15, -0.1) is 0 Å². The van der Waals surface area contributed by atoms with Crippen LogP contribution in [0.5, 0.6) is 5.75 Å². The van der Waals surface area contributed by atoms with Crippen LogP contribution in [0.2, 0.25) is 10.0 Å². The van der Waals surface area contributed by atoms with Crippen LogP contribution in [0.3, 0.4) is 0 Å². The lowest BCUT2D eigenvalue weighted by atomic mass is 10.1. The summed E-state index contributed by atoms with van der Waals surface area (Å²) in [6.07, 6.45) is -4.58. The highest BCUT2D eigenvalue weighted by molar-refractivity contribution is 6.42. The molecule has 1 heterocycles. The lowest BCUT2D eigenvalue weighted by Crippen LogP contribution is -2.09. The van der Waals surface area contributed by atoms with Crippen molar-refractivity contribution in [2.24, 2.45) is 0 Å². The average molecular weight is 398 g/mol. The predicted molar refractivity (Wildman–Crippen MR) is 95.5 cm³/mol. The molecular formula is C19H12Cl2F3NO. The summed E-state index contributed by atoms with van der Waals surface area (Å²) in [7, 11) is 0. The van der Waals surface area contributed by atoms with Crippen LogP contribution in [0.15, 0.2) is 60.7 Å². The highest BCUT2D eigenvalue weighted by Gasteiger charge is 2.33. The molecule has 0 saturated heterocycles. The van der Waals surface area contributed by atoms with Crippen molar-refractivity contribution in [1.82, 2.24) is 4.98 Å². The Kier molecular flexibility index (Phi) is 5.39.